The van der Waals surface area contributed by atoms with E-state index in [-0.39, 0.29) is 29.3 Å². The average molecular weight is 554 g/mol. The van der Waals surface area contributed by atoms with E-state index in [9.17, 15) is 13.2 Å². The van der Waals surface area contributed by atoms with Gasteiger partial charge in [-0.1, -0.05) is 73.5 Å². The third-order valence-electron chi connectivity index (χ3n) is 7.50. The summed E-state index contributed by atoms with van der Waals surface area (Å²) in [5.74, 6) is -0.0469. The fourth-order valence-corrected chi connectivity index (χ4v) is 6.97. The van der Waals surface area contributed by atoms with Gasteiger partial charge in [0.15, 0.2) is 0 Å². The summed E-state index contributed by atoms with van der Waals surface area (Å²) in [5, 5.41) is 0. The van der Waals surface area contributed by atoms with E-state index in [4.69, 9.17) is 0 Å². The quantitative estimate of drug-likeness (QED) is 0.420. The van der Waals surface area contributed by atoms with Crippen molar-refractivity contribution in [3.05, 3.63) is 102 Å². The first-order valence-corrected chi connectivity index (χ1v) is 14.7. The zero-order chi connectivity index (χ0) is 25.7. The normalized spacial score (nSPS) is 17.6. The molecule has 0 N–H and O–H groups in total. The highest BCUT2D eigenvalue weighted by molar-refractivity contribution is 7.89. The summed E-state index contributed by atoms with van der Waals surface area (Å²) < 4.78 is 27.8. The van der Waals surface area contributed by atoms with Gasteiger partial charge in [-0.15, -0.1) is 12.4 Å². The molecule has 0 aromatic heterocycles. The number of halogens is 1. The van der Waals surface area contributed by atoms with Crippen molar-refractivity contribution in [3.63, 3.8) is 0 Å². The molecule has 0 bridgehead atoms. The molecule has 38 heavy (non-hydrogen) atoms. The zero-order valence-electron chi connectivity index (χ0n) is 21.6. The van der Waals surface area contributed by atoms with Crippen molar-refractivity contribution in [2.45, 2.75) is 36.6 Å². The Kier molecular flexibility index (Phi) is 9.60. The molecule has 2 heterocycles. The Morgan fingerprint density at radius 1 is 0.632 bits per heavy atom. The van der Waals surface area contributed by atoms with E-state index in [2.05, 4.69) is 53.4 Å². The number of nitrogens with zero attached hydrogens (tertiary/aromatic N) is 3. The second-order valence-corrected chi connectivity index (χ2v) is 11.8. The zero-order valence-corrected chi connectivity index (χ0v) is 23.2. The van der Waals surface area contributed by atoms with Gasteiger partial charge >= 0.3 is 0 Å². The standard InChI is InChI=1S/C30H35N3O3S.ClH/c34-30(27-15-17-28(18-16-27)37(35,36)33-19-9-1-2-10-20-33)32-23-21-31(22-24-32)29(25-11-5-3-6-12-25)26-13-7-4-8-14-26;/h3-8,11-18,29H,1-2,9-10,19-24H2;1H. The van der Waals surface area contributed by atoms with Crippen LogP contribution in [0.2, 0.25) is 0 Å². The van der Waals surface area contributed by atoms with Gasteiger partial charge < -0.3 is 4.90 Å². The van der Waals surface area contributed by atoms with E-state index >= 15 is 0 Å². The van der Waals surface area contributed by atoms with Crippen LogP contribution in [0.4, 0.5) is 0 Å². The summed E-state index contributed by atoms with van der Waals surface area (Å²) >= 11 is 0. The van der Waals surface area contributed by atoms with Crippen LogP contribution >= 0.6 is 12.4 Å². The van der Waals surface area contributed by atoms with Gasteiger partial charge in [-0.05, 0) is 48.2 Å². The van der Waals surface area contributed by atoms with E-state index in [1.165, 1.54) is 11.1 Å². The summed E-state index contributed by atoms with van der Waals surface area (Å²) in [5.41, 5.74) is 3.02. The molecular weight excluding hydrogens is 518 g/mol. The number of amides is 1. The van der Waals surface area contributed by atoms with Crippen molar-refractivity contribution in [2.24, 2.45) is 0 Å². The van der Waals surface area contributed by atoms with Crippen LogP contribution in [0, 0.1) is 0 Å². The first kappa shape index (κ1) is 28.3. The first-order chi connectivity index (χ1) is 18.0. The van der Waals surface area contributed by atoms with E-state index < -0.39 is 10.0 Å². The molecule has 0 saturated carbocycles. The van der Waals surface area contributed by atoms with Gasteiger partial charge in [0.05, 0.1) is 10.9 Å². The molecular formula is C30H36ClN3O3S. The summed E-state index contributed by atoms with van der Waals surface area (Å²) in [6.45, 7) is 3.93. The molecule has 3 aromatic carbocycles. The molecule has 2 fully saturated rings. The fraction of sp³-hybridized carbons (Fsp3) is 0.367. The van der Waals surface area contributed by atoms with Crippen LogP contribution in [0.1, 0.15) is 53.2 Å². The SMILES string of the molecule is Cl.O=C(c1ccc(S(=O)(=O)N2CCCCCC2)cc1)N1CCN(C(c2ccccc2)c2ccccc2)CC1. The van der Waals surface area contributed by atoms with Crippen molar-refractivity contribution in [1.29, 1.82) is 0 Å². The predicted octanol–water partition coefficient (Wildman–Crippen LogP) is 5.22. The number of hydrogen-bond donors (Lipinski definition) is 0. The molecule has 8 heteroatoms. The molecule has 6 nitrogen and oxygen atoms in total. The second kappa shape index (κ2) is 12.9. The number of carbonyl (C=O) groups excluding carboxylic acids is 1. The third kappa shape index (κ3) is 6.29. The highest BCUT2D eigenvalue weighted by Gasteiger charge is 2.29. The maximum Gasteiger partial charge on any atom is 0.253 e. The van der Waals surface area contributed by atoms with Crippen LogP contribution in [0.3, 0.4) is 0 Å². The highest BCUT2D eigenvalue weighted by Crippen LogP contribution is 2.30. The Hall–Kier alpha value is -2.71. The lowest BCUT2D eigenvalue weighted by Crippen LogP contribution is -2.49. The van der Waals surface area contributed by atoms with Crippen LogP contribution in [0.25, 0.3) is 0 Å². The Labute approximate surface area is 232 Å². The second-order valence-electron chi connectivity index (χ2n) is 9.89. The number of carbonyl (C=O) groups is 1. The smallest absolute Gasteiger partial charge is 0.253 e. The van der Waals surface area contributed by atoms with Crippen LogP contribution in [-0.4, -0.2) is 67.7 Å². The molecule has 2 saturated heterocycles. The monoisotopic (exact) mass is 553 g/mol. The number of sulfonamides is 1. The molecule has 2 aliphatic rings. The molecule has 0 atom stereocenters. The minimum Gasteiger partial charge on any atom is -0.336 e. The Bertz CT molecular complexity index is 1230. The molecule has 3 aromatic rings. The molecule has 0 spiro atoms. The van der Waals surface area contributed by atoms with E-state index in [0.717, 1.165) is 38.8 Å². The molecule has 0 unspecified atom stereocenters. The van der Waals surface area contributed by atoms with E-state index in [1.807, 2.05) is 17.0 Å². The third-order valence-corrected chi connectivity index (χ3v) is 9.41. The van der Waals surface area contributed by atoms with Crippen LogP contribution in [0.15, 0.2) is 89.8 Å². The predicted molar refractivity (Wildman–Crippen MR) is 153 cm³/mol. The van der Waals surface area contributed by atoms with Gasteiger partial charge in [0.2, 0.25) is 10.0 Å². The molecule has 202 valence electrons. The number of hydrogen-bond acceptors (Lipinski definition) is 4. The lowest BCUT2D eigenvalue weighted by molar-refractivity contribution is 0.0597. The summed E-state index contributed by atoms with van der Waals surface area (Å²) in [6.07, 6.45) is 3.95. The van der Waals surface area contributed by atoms with Crippen molar-refractivity contribution < 1.29 is 13.2 Å². The van der Waals surface area contributed by atoms with Gasteiger partial charge in [0, 0.05) is 44.8 Å². The summed E-state index contributed by atoms with van der Waals surface area (Å²) in [4.78, 5) is 17.9. The van der Waals surface area contributed by atoms with Crippen molar-refractivity contribution in [1.82, 2.24) is 14.1 Å². The fourth-order valence-electron chi connectivity index (χ4n) is 5.45. The van der Waals surface area contributed by atoms with Gasteiger partial charge in [-0.2, -0.15) is 4.31 Å². The molecule has 0 radical (unpaired) electrons. The Balaban J connectivity index is 0.00000336. The molecule has 2 aliphatic heterocycles. The van der Waals surface area contributed by atoms with Crippen LogP contribution in [-0.2, 0) is 10.0 Å². The minimum absolute atomic E-state index is 0. The van der Waals surface area contributed by atoms with Crippen molar-refractivity contribution in [3.8, 4) is 0 Å². The van der Waals surface area contributed by atoms with E-state index in [1.54, 1.807) is 28.6 Å². The topological polar surface area (TPSA) is 60.9 Å². The maximum atomic E-state index is 13.3. The largest absolute Gasteiger partial charge is 0.336 e. The molecule has 1 amide bonds. The average Bonchev–Trinajstić information content (AvgIpc) is 3.25. The number of piperazine rings is 1. The molecule has 5 rings (SSSR count). The van der Waals surface area contributed by atoms with Crippen molar-refractivity contribution in [2.75, 3.05) is 39.3 Å². The maximum absolute atomic E-state index is 13.3. The van der Waals surface area contributed by atoms with Crippen LogP contribution < -0.4 is 0 Å². The van der Waals surface area contributed by atoms with Gasteiger partial charge in [0.25, 0.3) is 5.91 Å². The Morgan fingerprint density at radius 3 is 1.63 bits per heavy atom. The summed E-state index contributed by atoms with van der Waals surface area (Å²) in [6, 6.07) is 27.6. The first-order valence-electron chi connectivity index (χ1n) is 13.3. The van der Waals surface area contributed by atoms with Gasteiger partial charge in [-0.25, -0.2) is 8.42 Å². The Morgan fingerprint density at radius 2 is 1.13 bits per heavy atom. The van der Waals surface area contributed by atoms with Gasteiger partial charge in [0.1, 0.15) is 0 Å². The van der Waals surface area contributed by atoms with Crippen LogP contribution in [0.5, 0.6) is 0 Å². The number of rotatable bonds is 6. The lowest BCUT2D eigenvalue weighted by Gasteiger charge is -2.39. The summed E-state index contributed by atoms with van der Waals surface area (Å²) in [7, 11) is -3.52. The minimum atomic E-state index is -3.52. The highest BCUT2D eigenvalue weighted by atomic mass is 35.5. The van der Waals surface area contributed by atoms with Crippen molar-refractivity contribution >= 4 is 28.3 Å². The number of benzene rings is 3. The molecule has 0 aliphatic carbocycles. The lowest BCUT2D eigenvalue weighted by atomic mass is 9.96. The van der Waals surface area contributed by atoms with Gasteiger partial charge in [-0.3, -0.25) is 9.69 Å². The van der Waals surface area contributed by atoms with E-state index in [0.29, 0.717) is 31.7 Å².